The third-order valence-corrected chi connectivity index (χ3v) is 9.63. The number of ether oxygens (including phenoxy) is 3. The molecular weight excluding hydrogens is 748 g/mol. The monoisotopic (exact) mass is 794 g/mol. The van der Waals surface area contributed by atoms with E-state index in [9.17, 15) is 24.0 Å². The van der Waals surface area contributed by atoms with E-state index in [1.807, 2.05) is 37.3 Å². The molecule has 1 aromatic heterocycles. The van der Waals surface area contributed by atoms with E-state index in [1.54, 1.807) is 73.3 Å². The van der Waals surface area contributed by atoms with Crippen molar-refractivity contribution >= 4 is 40.4 Å². The molecule has 0 unspecified atom stereocenters. The second-order valence-electron chi connectivity index (χ2n) is 13.5. The summed E-state index contributed by atoms with van der Waals surface area (Å²) in [5.41, 5.74) is 6.89. The molecule has 16 nitrogen and oxygen atoms in total. The Labute approximate surface area is 335 Å². The summed E-state index contributed by atoms with van der Waals surface area (Å²) in [6.07, 6.45) is 0.296. The molecule has 5 amide bonds. The summed E-state index contributed by atoms with van der Waals surface area (Å²) in [4.78, 5) is 66.7. The van der Waals surface area contributed by atoms with Crippen molar-refractivity contribution in [3.05, 3.63) is 101 Å². The van der Waals surface area contributed by atoms with Gasteiger partial charge in [0.15, 0.2) is 0 Å². The Balaban J connectivity index is 0.000000242. The molecule has 3 heterocycles. The van der Waals surface area contributed by atoms with Gasteiger partial charge in [0.05, 0.1) is 42.6 Å². The largest absolute Gasteiger partial charge is 0.489 e. The number of nitrogens with zero attached hydrogens (tertiary/aromatic N) is 2. The fraction of sp³-hybridized carbons (Fsp3) is 0.333. The second kappa shape index (κ2) is 20.6. The van der Waals surface area contributed by atoms with Gasteiger partial charge in [-0.1, -0.05) is 31.0 Å². The molecule has 2 aliphatic heterocycles. The summed E-state index contributed by atoms with van der Waals surface area (Å²) < 4.78 is 16.5. The van der Waals surface area contributed by atoms with Crippen LogP contribution in [0.1, 0.15) is 52.2 Å². The highest BCUT2D eigenvalue weighted by molar-refractivity contribution is 5.96. The maximum Gasteiger partial charge on any atom is 0.251 e. The number of carbonyl (C=O) groups excluding carboxylic acids is 5. The van der Waals surface area contributed by atoms with Crippen LogP contribution in [0.5, 0.6) is 11.5 Å². The molecule has 0 aliphatic carbocycles. The lowest BCUT2D eigenvalue weighted by Crippen LogP contribution is -2.45. The van der Waals surface area contributed by atoms with Crippen LogP contribution in [-0.2, 0) is 25.7 Å². The standard InChI is InChI=1S/C26H28N4O5.C16H18N2O5/c1-3-24(31)30-13-21(26(33)29-34)23(14-30)28-25(32)17-8-10-19(11-9-17)35-15-18-12-16(2)27-22-7-5-4-6-20(18)22;1-2-3-8-23-12-6-4-11(5-7-12)15(19)17-14-10-22-9-13(14)16(20)18-21/h4-12,21,23,34H,3,13-15H2,1-2H3,(H,28,32)(H,29,33);4-7,13-14,21H,8-10H2,1H3,(H,17,19)(H,18,20)/t21-,23+;13-,14+/m00/s1. The quantitative estimate of drug-likeness (QED) is 0.0696. The summed E-state index contributed by atoms with van der Waals surface area (Å²) in [5, 5.41) is 24.3. The summed E-state index contributed by atoms with van der Waals surface area (Å²) >= 11 is 0. The highest BCUT2D eigenvalue weighted by Gasteiger charge is 2.40. The first-order chi connectivity index (χ1) is 28.0. The van der Waals surface area contributed by atoms with Crippen molar-refractivity contribution in [1.29, 1.82) is 0 Å². The zero-order valence-electron chi connectivity index (χ0n) is 32.3. The Kier molecular flexibility index (Phi) is 15.1. The van der Waals surface area contributed by atoms with Gasteiger partial charge in [0.1, 0.15) is 24.7 Å². The molecule has 0 saturated carbocycles. The van der Waals surface area contributed by atoms with Gasteiger partial charge in [-0.15, -0.1) is 5.92 Å². The van der Waals surface area contributed by atoms with Crippen LogP contribution in [0.4, 0.5) is 0 Å². The molecule has 2 aliphatic rings. The predicted octanol–water partition coefficient (Wildman–Crippen LogP) is 2.93. The average molecular weight is 795 g/mol. The highest BCUT2D eigenvalue weighted by Crippen LogP contribution is 2.23. The normalized spacial score (nSPS) is 18.1. The maximum absolute atomic E-state index is 12.8. The summed E-state index contributed by atoms with van der Waals surface area (Å²) in [6.45, 7) is 6.78. The van der Waals surface area contributed by atoms with E-state index < -0.39 is 35.7 Å². The van der Waals surface area contributed by atoms with Gasteiger partial charge in [-0.3, -0.25) is 39.4 Å². The van der Waals surface area contributed by atoms with Crippen molar-refractivity contribution in [2.24, 2.45) is 11.8 Å². The number of pyridine rings is 1. The number of aryl methyl sites for hydroxylation is 1. The zero-order chi connectivity index (χ0) is 41.6. The summed E-state index contributed by atoms with van der Waals surface area (Å²) in [6, 6.07) is 22.1. The van der Waals surface area contributed by atoms with Crippen LogP contribution >= 0.6 is 0 Å². The molecule has 16 heteroatoms. The second-order valence-corrected chi connectivity index (χ2v) is 13.5. The van der Waals surface area contributed by atoms with Crippen LogP contribution in [-0.4, -0.2) is 94.8 Å². The molecule has 4 aromatic rings. The Morgan fingerprint density at radius 1 is 0.810 bits per heavy atom. The number of rotatable bonds is 12. The van der Waals surface area contributed by atoms with E-state index in [1.165, 1.54) is 4.90 Å². The van der Waals surface area contributed by atoms with Crippen molar-refractivity contribution < 1.29 is 48.6 Å². The van der Waals surface area contributed by atoms with Crippen molar-refractivity contribution in [2.75, 3.05) is 32.9 Å². The van der Waals surface area contributed by atoms with Crippen molar-refractivity contribution in [1.82, 2.24) is 31.5 Å². The molecule has 0 bridgehead atoms. The molecule has 4 atom stereocenters. The van der Waals surface area contributed by atoms with Gasteiger partial charge in [-0.05, 0) is 74.5 Å². The fourth-order valence-corrected chi connectivity index (χ4v) is 6.54. The SMILES string of the molecule is CC#CCOc1ccc(C(=O)N[C@@H]2COC[C@@H]2C(=O)NO)cc1.CCC(=O)N1C[C@H](C(=O)NO)[C@H](NC(=O)c2ccc(OCc3cc(C)nc4ccccc34)cc2)C1. The minimum Gasteiger partial charge on any atom is -0.489 e. The lowest BCUT2D eigenvalue weighted by atomic mass is 10.0. The van der Waals surface area contributed by atoms with E-state index in [-0.39, 0.29) is 44.0 Å². The molecular formula is C42H46N6O10. The smallest absolute Gasteiger partial charge is 0.251 e. The van der Waals surface area contributed by atoms with Gasteiger partial charge in [-0.25, -0.2) is 11.0 Å². The van der Waals surface area contributed by atoms with Crippen molar-refractivity contribution in [3.63, 3.8) is 0 Å². The molecule has 58 heavy (non-hydrogen) atoms. The van der Waals surface area contributed by atoms with Crippen LogP contribution in [0.2, 0.25) is 0 Å². The van der Waals surface area contributed by atoms with E-state index in [0.29, 0.717) is 42.3 Å². The number of para-hydroxylation sites is 1. The number of hydrogen-bond donors (Lipinski definition) is 6. The highest BCUT2D eigenvalue weighted by atomic mass is 16.5. The van der Waals surface area contributed by atoms with Gasteiger partial charge in [0.2, 0.25) is 11.8 Å². The Morgan fingerprint density at radius 3 is 2.03 bits per heavy atom. The van der Waals surface area contributed by atoms with E-state index >= 15 is 0 Å². The third-order valence-electron chi connectivity index (χ3n) is 9.63. The Morgan fingerprint density at radius 2 is 1.41 bits per heavy atom. The minimum absolute atomic E-state index is 0.115. The van der Waals surface area contributed by atoms with Crippen LogP contribution in [0.3, 0.4) is 0 Å². The van der Waals surface area contributed by atoms with Crippen LogP contribution in [0, 0.1) is 30.6 Å². The molecule has 3 aromatic carbocycles. The number of hydrogen-bond acceptors (Lipinski definition) is 11. The number of aromatic nitrogens is 1. The molecule has 6 rings (SSSR count). The van der Waals surface area contributed by atoms with Gasteiger partial charge >= 0.3 is 0 Å². The average Bonchev–Trinajstić information content (AvgIpc) is 3.90. The van der Waals surface area contributed by atoms with Crippen LogP contribution in [0.25, 0.3) is 10.9 Å². The molecule has 0 spiro atoms. The fourth-order valence-electron chi connectivity index (χ4n) is 6.54. The predicted molar refractivity (Wildman–Crippen MR) is 210 cm³/mol. The van der Waals surface area contributed by atoms with Crippen LogP contribution in [0.15, 0.2) is 78.9 Å². The minimum atomic E-state index is -0.735. The van der Waals surface area contributed by atoms with E-state index in [4.69, 9.17) is 24.6 Å². The van der Waals surface area contributed by atoms with Gasteiger partial charge in [0.25, 0.3) is 17.7 Å². The maximum atomic E-state index is 12.8. The lowest BCUT2D eigenvalue weighted by Gasteiger charge is -2.18. The van der Waals surface area contributed by atoms with Crippen LogP contribution < -0.4 is 31.1 Å². The number of likely N-dealkylation sites (tertiary alicyclic amines) is 1. The number of fused-ring (bicyclic) bond motifs is 1. The molecule has 2 fully saturated rings. The number of nitrogens with one attached hydrogen (secondary N) is 4. The van der Waals surface area contributed by atoms with E-state index in [2.05, 4.69) is 27.5 Å². The molecule has 2 saturated heterocycles. The summed E-state index contributed by atoms with van der Waals surface area (Å²) in [7, 11) is 0. The molecule has 0 radical (unpaired) electrons. The van der Waals surface area contributed by atoms with Crippen molar-refractivity contribution in [3.8, 4) is 23.3 Å². The number of benzene rings is 3. The first-order valence-electron chi connectivity index (χ1n) is 18.6. The number of amides is 5. The molecule has 6 N–H and O–H groups in total. The number of hydroxylamine groups is 2. The van der Waals surface area contributed by atoms with Gasteiger partial charge in [-0.2, -0.15) is 0 Å². The topological polar surface area (TPSA) is 218 Å². The number of carbonyl (C=O) groups is 5. The Hall–Kier alpha value is -6.54. The van der Waals surface area contributed by atoms with Gasteiger partial charge < -0.3 is 29.7 Å². The third kappa shape index (κ3) is 11.1. The Bertz CT molecular complexity index is 2150. The molecule has 304 valence electrons. The van der Waals surface area contributed by atoms with E-state index in [0.717, 1.165) is 22.2 Å². The zero-order valence-corrected chi connectivity index (χ0v) is 32.3. The first-order valence-corrected chi connectivity index (χ1v) is 18.6. The lowest BCUT2D eigenvalue weighted by molar-refractivity contribution is -0.134. The van der Waals surface area contributed by atoms with Gasteiger partial charge in [0, 0.05) is 47.3 Å². The van der Waals surface area contributed by atoms with Crippen molar-refractivity contribution in [2.45, 2.75) is 45.9 Å². The first kappa shape index (κ1) is 42.6. The summed E-state index contributed by atoms with van der Waals surface area (Å²) in [5.74, 6) is 3.36.